The average Bonchev–Trinajstić information content (AvgIpc) is 3.02. The third kappa shape index (κ3) is 2.96. The number of rotatable bonds is 3. The van der Waals surface area contributed by atoms with Crippen LogP contribution in [0.5, 0.6) is 5.75 Å². The number of fused-ring (bicyclic) bond motifs is 1. The minimum atomic E-state index is 0.599. The molecule has 0 amide bonds. The van der Waals surface area contributed by atoms with Crippen molar-refractivity contribution in [2.24, 2.45) is 0 Å². The van der Waals surface area contributed by atoms with Gasteiger partial charge >= 0.3 is 0 Å². The van der Waals surface area contributed by atoms with E-state index >= 15 is 0 Å². The normalized spacial score (nSPS) is 11.1. The van der Waals surface area contributed by atoms with Gasteiger partial charge in [0.15, 0.2) is 6.26 Å². The second kappa shape index (κ2) is 6.71. The maximum atomic E-state index is 6.48. The van der Waals surface area contributed by atoms with Gasteiger partial charge in [0, 0.05) is 26.6 Å². The lowest BCUT2D eigenvalue weighted by Crippen LogP contribution is -1.87. The Morgan fingerprint density at radius 3 is 2.54 bits per heavy atom. The maximum Gasteiger partial charge on any atom is 0.173 e. The summed E-state index contributed by atoms with van der Waals surface area (Å²) in [6, 6.07) is 17.6. The average molecular weight is 382 g/mol. The molecule has 3 aromatic carbocycles. The highest BCUT2D eigenvalue weighted by Crippen LogP contribution is 2.40. The van der Waals surface area contributed by atoms with E-state index in [0.717, 1.165) is 44.5 Å². The van der Waals surface area contributed by atoms with Crippen LogP contribution in [0.4, 0.5) is 0 Å². The van der Waals surface area contributed by atoms with Gasteiger partial charge in [0.25, 0.3) is 0 Å². The molecule has 129 valence electrons. The van der Waals surface area contributed by atoms with Crippen molar-refractivity contribution in [1.29, 1.82) is 0 Å². The summed E-state index contributed by atoms with van der Waals surface area (Å²) in [7, 11) is 1.66. The fourth-order valence-corrected chi connectivity index (χ4v) is 3.67. The van der Waals surface area contributed by atoms with E-state index in [0.29, 0.717) is 10.0 Å². The summed E-state index contributed by atoms with van der Waals surface area (Å²) in [5, 5.41) is 2.21. The topological polar surface area (TPSA) is 22.4 Å². The van der Waals surface area contributed by atoms with Crippen LogP contribution in [-0.4, -0.2) is 7.11 Å². The molecule has 0 atom stereocenters. The predicted octanol–water partition coefficient (Wildman–Crippen LogP) is 7.19. The minimum absolute atomic E-state index is 0.599. The van der Waals surface area contributed by atoms with Gasteiger partial charge in [0.05, 0.1) is 7.11 Å². The zero-order valence-electron chi connectivity index (χ0n) is 14.3. The van der Waals surface area contributed by atoms with Crippen LogP contribution in [-0.2, 0) is 0 Å². The molecule has 4 aromatic rings. The fraction of sp³-hybridized carbons (Fsp3) is 0.0909. The summed E-state index contributed by atoms with van der Waals surface area (Å²) in [5.74, 6) is 0.802. The van der Waals surface area contributed by atoms with Gasteiger partial charge in [-0.15, -0.1) is 0 Å². The van der Waals surface area contributed by atoms with Gasteiger partial charge in [0.2, 0.25) is 0 Å². The largest absolute Gasteiger partial charge is 0.497 e. The van der Waals surface area contributed by atoms with Crippen molar-refractivity contribution in [3.8, 4) is 28.0 Å². The lowest BCUT2D eigenvalue weighted by Gasteiger charge is -2.11. The Hall–Kier alpha value is -2.42. The van der Waals surface area contributed by atoms with Gasteiger partial charge in [-0.05, 0) is 60.0 Å². The number of methoxy groups -OCH3 is 1. The van der Waals surface area contributed by atoms with Crippen molar-refractivity contribution in [2.75, 3.05) is 7.11 Å². The summed E-state index contributed by atoms with van der Waals surface area (Å²) in [6.07, 6.45) is 2.95. The Morgan fingerprint density at radius 1 is 0.923 bits per heavy atom. The molecule has 0 unspecified atom stereocenters. The zero-order chi connectivity index (χ0) is 18.3. The minimum Gasteiger partial charge on any atom is -0.497 e. The number of furan rings is 1. The van der Waals surface area contributed by atoms with E-state index < -0.39 is 0 Å². The number of aryl methyl sites for hydroxylation is 1. The molecule has 0 aliphatic heterocycles. The highest BCUT2D eigenvalue weighted by atomic mass is 35.5. The van der Waals surface area contributed by atoms with Crippen LogP contribution < -0.4 is 4.74 Å². The van der Waals surface area contributed by atoms with Crippen molar-refractivity contribution < 1.29 is 9.15 Å². The number of benzene rings is 3. The first-order valence-electron chi connectivity index (χ1n) is 8.11. The zero-order valence-corrected chi connectivity index (χ0v) is 15.8. The Morgan fingerprint density at radius 2 is 1.77 bits per heavy atom. The lowest BCUT2D eigenvalue weighted by molar-refractivity contribution is 0.415. The Balaban J connectivity index is 2.00. The Labute approximate surface area is 161 Å². The first-order chi connectivity index (χ1) is 12.6. The van der Waals surface area contributed by atoms with Gasteiger partial charge in [0.1, 0.15) is 11.3 Å². The third-order valence-electron chi connectivity index (χ3n) is 4.42. The predicted molar refractivity (Wildman–Crippen MR) is 107 cm³/mol. The van der Waals surface area contributed by atoms with Gasteiger partial charge in [-0.25, -0.2) is 0 Å². The van der Waals surface area contributed by atoms with E-state index in [9.17, 15) is 0 Å². The molecule has 0 aliphatic carbocycles. The summed E-state index contributed by atoms with van der Waals surface area (Å²) < 4.78 is 11.0. The van der Waals surface area contributed by atoms with E-state index in [1.807, 2.05) is 49.4 Å². The van der Waals surface area contributed by atoms with Crippen molar-refractivity contribution in [1.82, 2.24) is 0 Å². The first-order valence-corrected chi connectivity index (χ1v) is 8.87. The molecule has 0 fully saturated rings. The molecule has 4 heteroatoms. The Kier molecular flexibility index (Phi) is 4.39. The third-order valence-corrected chi connectivity index (χ3v) is 4.96. The molecule has 0 aliphatic rings. The van der Waals surface area contributed by atoms with Gasteiger partial charge in [-0.2, -0.15) is 0 Å². The molecular formula is C22H15Cl2O2. The fourth-order valence-electron chi connectivity index (χ4n) is 3.15. The van der Waals surface area contributed by atoms with Crippen molar-refractivity contribution in [3.63, 3.8) is 0 Å². The SMILES string of the molecule is COc1cccc(-c2cc(-c3ccc(Cl)cc3Cl)c3c(C)[c]oc3c2)c1. The second-order valence-electron chi connectivity index (χ2n) is 6.08. The standard InChI is InChI=1S/C22H15Cl2O2/c1-13-12-26-21-10-15(14-4-3-5-17(8-14)25-2)9-19(22(13)21)18-7-6-16(23)11-20(18)24/h3-11H,1-2H3. The van der Waals surface area contributed by atoms with Crippen LogP contribution >= 0.6 is 23.2 Å². The molecule has 1 radical (unpaired) electrons. The molecule has 1 heterocycles. The summed E-state index contributed by atoms with van der Waals surface area (Å²) in [6.45, 7) is 1.98. The van der Waals surface area contributed by atoms with Gasteiger partial charge in [-0.1, -0.05) is 41.4 Å². The van der Waals surface area contributed by atoms with Crippen LogP contribution in [0.15, 0.2) is 59.0 Å². The van der Waals surface area contributed by atoms with Gasteiger partial charge in [-0.3, -0.25) is 0 Å². The Bertz CT molecular complexity index is 1110. The van der Waals surface area contributed by atoms with E-state index in [2.05, 4.69) is 12.3 Å². The molecule has 26 heavy (non-hydrogen) atoms. The van der Waals surface area contributed by atoms with E-state index in [4.69, 9.17) is 32.4 Å². The maximum absolute atomic E-state index is 6.48. The molecule has 0 N–H and O–H groups in total. The molecule has 4 rings (SSSR count). The monoisotopic (exact) mass is 381 g/mol. The van der Waals surface area contributed by atoms with Crippen molar-refractivity contribution in [3.05, 3.63) is 76.5 Å². The first kappa shape index (κ1) is 17.0. The van der Waals surface area contributed by atoms with Gasteiger partial charge < -0.3 is 9.15 Å². The molecule has 1 aromatic heterocycles. The summed E-state index contributed by atoms with van der Waals surface area (Å²) >= 11 is 12.6. The number of hydrogen-bond donors (Lipinski definition) is 0. The number of ether oxygens (including phenoxy) is 1. The molecular weight excluding hydrogens is 367 g/mol. The van der Waals surface area contributed by atoms with E-state index in [1.165, 1.54) is 0 Å². The number of hydrogen-bond acceptors (Lipinski definition) is 2. The molecule has 2 nitrogen and oxygen atoms in total. The molecule has 0 bridgehead atoms. The lowest BCUT2D eigenvalue weighted by atomic mass is 9.94. The smallest absolute Gasteiger partial charge is 0.173 e. The van der Waals surface area contributed by atoms with Crippen LogP contribution in [0.3, 0.4) is 0 Å². The van der Waals surface area contributed by atoms with E-state index in [-0.39, 0.29) is 0 Å². The summed E-state index contributed by atoms with van der Waals surface area (Å²) in [4.78, 5) is 0. The highest BCUT2D eigenvalue weighted by Gasteiger charge is 2.15. The molecule has 0 spiro atoms. The van der Waals surface area contributed by atoms with Crippen LogP contribution in [0.25, 0.3) is 33.2 Å². The molecule has 0 saturated carbocycles. The van der Waals surface area contributed by atoms with Crippen molar-refractivity contribution >= 4 is 34.2 Å². The van der Waals surface area contributed by atoms with Crippen LogP contribution in [0.2, 0.25) is 10.0 Å². The highest BCUT2D eigenvalue weighted by molar-refractivity contribution is 6.36. The quantitative estimate of drug-likeness (QED) is 0.374. The number of halogens is 2. The molecule has 0 saturated heterocycles. The van der Waals surface area contributed by atoms with Crippen LogP contribution in [0, 0.1) is 13.2 Å². The summed E-state index contributed by atoms with van der Waals surface area (Å²) in [5.41, 5.74) is 5.65. The second-order valence-corrected chi connectivity index (χ2v) is 6.93. The van der Waals surface area contributed by atoms with E-state index in [1.54, 1.807) is 13.2 Å². The van der Waals surface area contributed by atoms with Crippen molar-refractivity contribution in [2.45, 2.75) is 6.92 Å². The van der Waals surface area contributed by atoms with Crippen LogP contribution in [0.1, 0.15) is 5.56 Å².